The fourth-order valence-corrected chi connectivity index (χ4v) is 2.96. The quantitative estimate of drug-likeness (QED) is 0.558. The number of rotatable bonds is 2. The van der Waals surface area contributed by atoms with Gasteiger partial charge < -0.3 is 14.5 Å². The van der Waals surface area contributed by atoms with Gasteiger partial charge in [-0.2, -0.15) is 5.26 Å². The van der Waals surface area contributed by atoms with E-state index in [2.05, 4.69) is 6.07 Å². The van der Waals surface area contributed by atoms with Crippen LogP contribution in [0.1, 0.15) is 5.56 Å². The summed E-state index contributed by atoms with van der Waals surface area (Å²) in [6.07, 6.45) is 0. The van der Waals surface area contributed by atoms with Gasteiger partial charge in [-0.15, -0.1) is 0 Å². The Labute approximate surface area is 138 Å². The smallest absolute Gasteiger partial charge is 0.455 e. The van der Waals surface area contributed by atoms with Crippen molar-refractivity contribution in [2.75, 3.05) is 0 Å². The third-order valence-electron chi connectivity index (χ3n) is 4.12. The molecule has 1 heterocycles. The minimum Gasteiger partial charge on any atom is -0.455 e. The zero-order chi connectivity index (χ0) is 16.7. The van der Waals surface area contributed by atoms with Crippen LogP contribution in [0.4, 0.5) is 0 Å². The Hall–Kier alpha value is -3.07. The highest BCUT2D eigenvalue weighted by molar-refractivity contribution is 6.58. The molecule has 4 nitrogen and oxygen atoms in total. The van der Waals surface area contributed by atoms with Crippen LogP contribution in [0.15, 0.2) is 65.1 Å². The van der Waals surface area contributed by atoms with Gasteiger partial charge in [0.2, 0.25) is 0 Å². The fourth-order valence-electron chi connectivity index (χ4n) is 2.96. The molecular weight excluding hydrogens is 301 g/mol. The maximum Gasteiger partial charge on any atom is 0.488 e. The Morgan fingerprint density at radius 3 is 2.54 bits per heavy atom. The van der Waals surface area contributed by atoms with E-state index in [9.17, 15) is 10.0 Å². The second kappa shape index (κ2) is 5.53. The average molecular weight is 313 g/mol. The van der Waals surface area contributed by atoms with E-state index >= 15 is 0 Å². The molecule has 0 fully saturated rings. The number of hydrogen-bond acceptors (Lipinski definition) is 4. The third kappa shape index (κ3) is 2.26. The molecule has 114 valence electrons. The van der Waals surface area contributed by atoms with E-state index < -0.39 is 7.12 Å². The normalized spacial score (nSPS) is 10.9. The summed E-state index contributed by atoms with van der Waals surface area (Å²) in [5, 5.41) is 29.6. The van der Waals surface area contributed by atoms with Gasteiger partial charge in [-0.1, -0.05) is 42.5 Å². The van der Waals surface area contributed by atoms with Crippen molar-refractivity contribution in [3.8, 4) is 17.2 Å². The van der Waals surface area contributed by atoms with Gasteiger partial charge in [-0.05, 0) is 29.2 Å². The van der Waals surface area contributed by atoms with Crippen molar-refractivity contribution in [2.45, 2.75) is 0 Å². The summed E-state index contributed by atoms with van der Waals surface area (Å²) >= 11 is 0. The van der Waals surface area contributed by atoms with Crippen LogP contribution in [0.5, 0.6) is 0 Å². The molecule has 3 aromatic carbocycles. The minimum atomic E-state index is -1.53. The Kier molecular flexibility index (Phi) is 3.35. The Morgan fingerprint density at radius 2 is 1.75 bits per heavy atom. The average Bonchev–Trinajstić information content (AvgIpc) is 2.99. The molecular formula is C19H12BNO3. The lowest BCUT2D eigenvalue weighted by atomic mass is 9.80. The monoisotopic (exact) mass is 313 g/mol. The predicted octanol–water partition coefficient (Wildman–Crippen LogP) is 2.80. The van der Waals surface area contributed by atoms with E-state index in [0.29, 0.717) is 22.2 Å². The predicted molar refractivity (Wildman–Crippen MR) is 93.7 cm³/mol. The number of furan rings is 1. The van der Waals surface area contributed by atoms with E-state index in [-0.39, 0.29) is 0 Å². The van der Waals surface area contributed by atoms with Crippen molar-refractivity contribution in [3.63, 3.8) is 0 Å². The van der Waals surface area contributed by atoms with E-state index in [4.69, 9.17) is 9.68 Å². The third-order valence-corrected chi connectivity index (χ3v) is 4.12. The minimum absolute atomic E-state index is 0.384. The molecule has 0 bridgehead atoms. The number of nitrogens with zero attached hydrogens (tertiary/aromatic N) is 1. The summed E-state index contributed by atoms with van der Waals surface area (Å²) in [5.74, 6) is 0. The van der Waals surface area contributed by atoms with Crippen molar-refractivity contribution >= 4 is 34.5 Å². The maximum atomic E-state index is 9.33. The van der Waals surface area contributed by atoms with Crippen molar-refractivity contribution < 1.29 is 14.5 Å². The summed E-state index contributed by atoms with van der Waals surface area (Å²) < 4.78 is 6.00. The Morgan fingerprint density at radius 1 is 0.917 bits per heavy atom. The summed E-state index contributed by atoms with van der Waals surface area (Å²) in [6, 6.07) is 20.5. The van der Waals surface area contributed by atoms with Crippen molar-refractivity contribution in [3.05, 3.63) is 66.2 Å². The van der Waals surface area contributed by atoms with Crippen LogP contribution in [0.25, 0.3) is 33.1 Å². The van der Waals surface area contributed by atoms with Crippen molar-refractivity contribution in [2.24, 2.45) is 0 Å². The van der Waals surface area contributed by atoms with E-state index in [1.165, 1.54) is 0 Å². The molecule has 24 heavy (non-hydrogen) atoms. The number of benzene rings is 3. The molecule has 0 radical (unpaired) electrons. The molecule has 0 saturated carbocycles. The summed E-state index contributed by atoms with van der Waals surface area (Å²) in [6.45, 7) is 0. The fraction of sp³-hybridized carbons (Fsp3) is 0. The van der Waals surface area contributed by atoms with Crippen LogP contribution >= 0.6 is 0 Å². The van der Waals surface area contributed by atoms with Gasteiger partial charge in [-0.25, -0.2) is 0 Å². The van der Waals surface area contributed by atoms with Gasteiger partial charge >= 0.3 is 7.12 Å². The van der Waals surface area contributed by atoms with Crippen LogP contribution in [-0.2, 0) is 0 Å². The largest absolute Gasteiger partial charge is 0.488 e. The van der Waals surface area contributed by atoms with Gasteiger partial charge in [0, 0.05) is 16.3 Å². The molecule has 0 aliphatic rings. The lowest BCUT2D eigenvalue weighted by molar-refractivity contribution is 0.425. The van der Waals surface area contributed by atoms with Gasteiger partial charge in [-0.3, -0.25) is 0 Å². The molecule has 0 aliphatic heterocycles. The topological polar surface area (TPSA) is 77.4 Å². The molecule has 0 aliphatic carbocycles. The molecule has 1 aromatic heterocycles. The van der Waals surface area contributed by atoms with Crippen molar-refractivity contribution in [1.82, 2.24) is 0 Å². The molecule has 4 aromatic rings. The first-order valence-corrected chi connectivity index (χ1v) is 7.49. The van der Waals surface area contributed by atoms with E-state index in [0.717, 1.165) is 21.9 Å². The molecule has 5 heteroatoms. The van der Waals surface area contributed by atoms with Crippen LogP contribution in [0.3, 0.4) is 0 Å². The van der Waals surface area contributed by atoms with E-state index in [1.54, 1.807) is 18.2 Å². The first-order chi connectivity index (χ1) is 11.7. The SMILES string of the molecule is N#Cc1cccc(-c2cccc3c2oc2cc(B(O)O)ccc23)c1. The van der Waals surface area contributed by atoms with Gasteiger partial charge in [0.25, 0.3) is 0 Å². The highest BCUT2D eigenvalue weighted by atomic mass is 16.4. The summed E-state index contributed by atoms with van der Waals surface area (Å²) in [4.78, 5) is 0. The lowest BCUT2D eigenvalue weighted by Crippen LogP contribution is -2.29. The molecule has 0 atom stereocenters. The van der Waals surface area contributed by atoms with Crippen LogP contribution < -0.4 is 5.46 Å². The Balaban J connectivity index is 2.00. The second-order valence-corrected chi connectivity index (χ2v) is 5.61. The highest BCUT2D eigenvalue weighted by Gasteiger charge is 2.16. The number of fused-ring (bicyclic) bond motifs is 3. The number of para-hydroxylation sites is 1. The van der Waals surface area contributed by atoms with Crippen LogP contribution in [0, 0.1) is 11.3 Å². The van der Waals surface area contributed by atoms with E-state index in [1.807, 2.05) is 42.5 Å². The maximum absolute atomic E-state index is 9.33. The van der Waals surface area contributed by atoms with Crippen molar-refractivity contribution in [1.29, 1.82) is 5.26 Å². The second-order valence-electron chi connectivity index (χ2n) is 5.61. The molecule has 0 spiro atoms. The van der Waals surface area contributed by atoms with Gasteiger partial charge in [0.05, 0.1) is 11.6 Å². The van der Waals surface area contributed by atoms with Gasteiger partial charge in [0.1, 0.15) is 11.2 Å². The number of nitriles is 1. The summed E-state index contributed by atoms with van der Waals surface area (Å²) in [7, 11) is -1.53. The standard InChI is InChI=1S/C19H12BNO3/c21-11-12-3-1-4-13(9-12)15-5-2-6-17-16-8-7-14(20(22)23)10-18(16)24-19(15)17/h1-10,22-23H. The molecule has 4 rings (SSSR count). The lowest BCUT2D eigenvalue weighted by Gasteiger charge is -2.02. The van der Waals surface area contributed by atoms with Crippen LogP contribution in [-0.4, -0.2) is 17.2 Å². The molecule has 2 N–H and O–H groups in total. The molecule has 0 saturated heterocycles. The van der Waals surface area contributed by atoms with Gasteiger partial charge in [0.15, 0.2) is 0 Å². The zero-order valence-corrected chi connectivity index (χ0v) is 12.6. The Bertz CT molecular complexity index is 1110. The summed E-state index contributed by atoms with van der Waals surface area (Å²) in [5.41, 5.74) is 4.08. The zero-order valence-electron chi connectivity index (χ0n) is 12.6. The van der Waals surface area contributed by atoms with Crippen LogP contribution in [0.2, 0.25) is 0 Å². The highest BCUT2D eigenvalue weighted by Crippen LogP contribution is 2.35. The molecule has 0 amide bonds. The molecule has 0 unspecified atom stereocenters. The first-order valence-electron chi connectivity index (χ1n) is 7.49. The number of hydrogen-bond donors (Lipinski definition) is 2. The first kappa shape index (κ1) is 14.5.